The quantitative estimate of drug-likeness (QED) is 0.513. The Morgan fingerprint density at radius 2 is 1.62 bits per heavy atom. The van der Waals surface area contributed by atoms with Gasteiger partial charge in [0.1, 0.15) is 5.75 Å². The first-order valence-corrected chi connectivity index (χ1v) is 10.8. The minimum absolute atomic E-state index is 0.105. The van der Waals surface area contributed by atoms with Crippen LogP contribution in [-0.4, -0.2) is 22.8 Å². The summed E-state index contributed by atoms with van der Waals surface area (Å²) in [5, 5.41) is 2.81. The van der Waals surface area contributed by atoms with E-state index in [9.17, 15) is 9.59 Å². The molecule has 0 spiro atoms. The summed E-state index contributed by atoms with van der Waals surface area (Å²) in [6, 6.07) is 24.9. The zero-order valence-electron chi connectivity index (χ0n) is 19.0. The number of nitrogens with one attached hydrogen (secondary N) is 1. The van der Waals surface area contributed by atoms with Gasteiger partial charge in [-0.15, -0.1) is 0 Å². The van der Waals surface area contributed by atoms with Crippen LogP contribution in [0.3, 0.4) is 0 Å². The number of benzene rings is 3. The number of amides is 2. The molecule has 3 aromatic carbocycles. The van der Waals surface area contributed by atoms with Gasteiger partial charge in [-0.2, -0.15) is 0 Å². The summed E-state index contributed by atoms with van der Waals surface area (Å²) in [5.41, 5.74) is 3.81. The molecule has 5 nitrogen and oxygen atoms in total. The van der Waals surface area contributed by atoms with Crippen LogP contribution in [0, 0.1) is 6.92 Å². The second kappa shape index (κ2) is 10.6. The Morgan fingerprint density at radius 1 is 0.938 bits per heavy atom. The van der Waals surface area contributed by atoms with Crippen molar-refractivity contribution in [3.8, 4) is 5.75 Å². The van der Waals surface area contributed by atoms with Gasteiger partial charge in [0.2, 0.25) is 5.91 Å². The summed E-state index contributed by atoms with van der Waals surface area (Å²) in [6.07, 6.45) is -0.651. The van der Waals surface area contributed by atoms with Crippen LogP contribution in [0.15, 0.2) is 78.9 Å². The van der Waals surface area contributed by atoms with Gasteiger partial charge in [0.05, 0.1) is 6.04 Å². The van der Waals surface area contributed by atoms with Crippen LogP contribution in [0.25, 0.3) is 0 Å². The normalized spacial score (nSPS) is 12.5. The first kappa shape index (κ1) is 23.1. The van der Waals surface area contributed by atoms with Crippen molar-refractivity contribution in [2.24, 2.45) is 0 Å². The molecule has 0 aromatic heterocycles. The lowest BCUT2D eigenvalue weighted by Crippen LogP contribution is -2.41. The highest BCUT2D eigenvalue weighted by Crippen LogP contribution is 2.26. The third kappa shape index (κ3) is 6.20. The first-order valence-electron chi connectivity index (χ1n) is 10.8. The van der Waals surface area contributed by atoms with E-state index in [0.29, 0.717) is 18.0 Å². The zero-order valence-corrected chi connectivity index (χ0v) is 19.0. The summed E-state index contributed by atoms with van der Waals surface area (Å²) in [5.74, 6) is 0.426. The van der Waals surface area contributed by atoms with Crippen LogP contribution in [-0.2, 0) is 16.1 Å². The van der Waals surface area contributed by atoms with E-state index in [0.717, 1.165) is 16.7 Å². The zero-order chi connectivity index (χ0) is 23.1. The van der Waals surface area contributed by atoms with Crippen LogP contribution >= 0.6 is 0 Å². The highest BCUT2D eigenvalue weighted by atomic mass is 16.5. The molecule has 0 saturated carbocycles. The molecule has 0 aliphatic rings. The van der Waals surface area contributed by atoms with E-state index in [1.54, 1.807) is 6.92 Å². The molecule has 5 heteroatoms. The summed E-state index contributed by atoms with van der Waals surface area (Å²) < 4.78 is 5.96. The average molecular weight is 431 g/mol. The molecule has 0 saturated heterocycles. The van der Waals surface area contributed by atoms with Gasteiger partial charge < -0.3 is 15.0 Å². The highest BCUT2D eigenvalue weighted by Gasteiger charge is 2.27. The van der Waals surface area contributed by atoms with Crippen molar-refractivity contribution >= 4 is 17.5 Å². The first-order chi connectivity index (χ1) is 15.3. The maximum atomic E-state index is 13.5. The Morgan fingerprint density at radius 3 is 2.28 bits per heavy atom. The molecule has 3 rings (SSSR count). The number of rotatable bonds is 8. The lowest BCUT2D eigenvalue weighted by molar-refractivity contribution is -0.141. The number of hydrogen-bond acceptors (Lipinski definition) is 3. The lowest BCUT2D eigenvalue weighted by atomic mass is 10.0. The summed E-state index contributed by atoms with van der Waals surface area (Å²) in [7, 11) is 0. The largest absolute Gasteiger partial charge is 0.481 e. The average Bonchev–Trinajstić information content (AvgIpc) is 2.78. The van der Waals surface area contributed by atoms with E-state index in [4.69, 9.17) is 4.74 Å². The van der Waals surface area contributed by atoms with Gasteiger partial charge >= 0.3 is 0 Å². The molecule has 0 heterocycles. The molecule has 1 N–H and O–H groups in total. The second-order valence-electron chi connectivity index (χ2n) is 8.01. The second-order valence-corrected chi connectivity index (χ2v) is 8.01. The van der Waals surface area contributed by atoms with Crippen LogP contribution in [0.1, 0.15) is 43.5 Å². The van der Waals surface area contributed by atoms with Crippen LogP contribution in [0.4, 0.5) is 5.69 Å². The fraction of sp³-hybridized carbons (Fsp3) is 0.259. The number of ether oxygens (including phenoxy) is 1. The Labute approximate surface area is 190 Å². The van der Waals surface area contributed by atoms with Crippen molar-refractivity contribution in [3.63, 3.8) is 0 Å². The van der Waals surface area contributed by atoms with Gasteiger partial charge in [0.15, 0.2) is 6.10 Å². The molecule has 0 radical (unpaired) electrons. The number of carbonyl (C=O) groups excluding carboxylic acids is 2. The van der Waals surface area contributed by atoms with Gasteiger partial charge in [0, 0.05) is 19.2 Å². The Hall–Kier alpha value is -3.60. The smallest absolute Gasteiger partial charge is 0.264 e. The molecule has 32 heavy (non-hydrogen) atoms. The van der Waals surface area contributed by atoms with Gasteiger partial charge in [-0.25, -0.2) is 0 Å². The van der Waals surface area contributed by atoms with Gasteiger partial charge in [-0.1, -0.05) is 60.2 Å². The van der Waals surface area contributed by atoms with E-state index in [2.05, 4.69) is 5.32 Å². The number of anilines is 1. The molecule has 3 aromatic rings. The van der Waals surface area contributed by atoms with Gasteiger partial charge in [-0.3, -0.25) is 9.59 Å². The maximum Gasteiger partial charge on any atom is 0.264 e. The van der Waals surface area contributed by atoms with Crippen molar-refractivity contribution in [2.75, 3.05) is 5.32 Å². The molecular formula is C27H30N2O3. The Balaban J connectivity index is 1.86. The molecule has 166 valence electrons. The molecule has 0 fully saturated rings. The topological polar surface area (TPSA) is 58.6 Å². The fourth-order valence-electron chi connectivity index (χ4n) is 3.55. The van der Waals surface area contributed by atoms with Crippen molar-refractivity contribution < 1.29 is 14.3 Å². The monoisotopic (exact) mass is 430 g/mol. The van der Waals surface area contributed by atoms with E-state index in [1.165, 1.54) is 6.92 Å². The maximum absolute atomic E-state index is 13.5. The third-order valence-corrected chi connectivity index (χ3v) is 5.32. The van der Waals surface area contributed by atoms with Gasteiger partial charge in [-0.05, 0) is 56.2 Å². The molecule has 0 aliphatic heterocycles. The summed E-state index contributed by atoms with van der Waals surface area (Å²) in [4.78, 5) is 26.8. The Bertz CT molecular complexity index is 1050. The van der Waals surface area contributed by atoms with E-state index >= 15 is 0 Å². The highest BCUT2D eigenvalue weighted by molar-refractivity contribution is 5.88. The van der Waals surface area contributed by atoms with E-state index in [1.807, 2.05) is 97.6 Å². The standard InChI is InChI=1S/C27H30N2O3/c1-19-13-15-26(16-14-19)32-21(3)27(31)29(18-23-9-6-5-7-10-23)20(2)24-11-8-12-25(17-24)28-22(4)30/h5-17,20-21H,18H2,1-4H3,(H,28,30)/t20-,21-/m1/s1. The number of carbonyl (C=O) groups is 2. The summed E-state index contributed by atoms with van der Waals surface area (Å²) >= 11 is 0. The molecule has 0 bridgehead atoms. The molecular weight excluding hydrogens is 400 g/mol. The third-order valence-electron chi connectivity index (χ3n) is 5.32. The predicted octanol–water partition coefficient (Wildman–Crippen LogP) is 5.51. The molecule has 0 unspecified atom stereocenters. The minimum atomic E-state index is -0.651. The Kier molecular flexibility index (Phi) is 7.66. The molecule has 0 aliphatic carbocycles. The molecule has 2 atom stereocenters. The van der Waals surface area contributed by atoms with Crippen LogP contribution in [0.5, 0.6) is 5.75 Å². The van der Waals surface area contributed by atoms with Crippen LogP contribution in [0.2, 0.25) is 0 Å². The van der Waals surface area contributed by atoms with Crippen molar-refractivity contribution in [3.05, 3.63) is 95.6 Å². The van der Waals surface area contributed by atoms with E-state index in [-0.39, 0.29) is 17.9 Å². The SMILES string of the molecule is CC(=O)Nc1cccc([C@@H](C)N(Cc2ccccc2)C(=O)[C@@H](C)Oc2ccc(C)cc2)c1. The molecule has 2 amide bonds. The number of aryl methyl sites for hydroxylation is 1. The van der Waals surface area contributed by atoms with E-state index < -0.39 is 6.10 Å². The lowest BCUT2D eigenvalue weighted by Gasteiger charge is -2.32. The number of hydrogen-bond donors (Lipinski definition) is 1. The van der Waals surface area contributed by atoms with Crippen molar-refractivity contribution in [1.29, 1.82) is 0 Å². The summed E-state index contributed by atoms with van der Waals surface area (Å²) in [6.45, 7) is 7.71. The fourth-order valence-corrected chi connectivity index (χ4v) is 3.55. The van der Waals surface area contributed by atoms with Crippen molar-refractivity contribution in [2.45, 2.75) is 46.4 Å². The van der Waals surface area contributed by atoms with Crippen molar-refractivity contribution in [1.82, 2.24) is 4.90 Å². The minimum Gasteiger partial charge on any atom is -0.481 e. The predicted molar refractivity (Wildman–Crippen MR) is 127 cm³/mol. The number of nitrogens with zero attached hydrogens (tertiary/aromatic N) is 1. The van der Waals surface area contributed by atoms with Gasteiger partial charge in [0.25, 0.3) is 5.91 Å². The van der Waals surface area contributed by atoms with Crippen LogP contribution < -0.4 is 10.1 Å².